The number of Topliss-reactive ketones (excluding diaryl/α,β-unsaturated/α-hetero) is 1. The van der Waals surface area contributed by atoms with E-state index in [1.807, 2.05) is 59.5 Å². The molecule has 0 unspecified atom stereocenters. The minimum absolute atomic E-state index is 0. The fraction of sp³-hybridized carbons (Fsp3) is 0.263. The molecule has 0 aromatic heterocycles. The molecule has 0 saturated carbocycles. The maximum absolute atomic E-state index is 12.7. The number of nitrogens with zero attached hydrogens (tertiary/aromatic N) is 2. The van der Waals surface area contributed by atoms with E-state index in [1.165, 1.54) is 0 Å². The van der Waals surface area contributed by atoms with E-state index in [4.69, 9.17) is 4.99 Å². The first-order chi connectivity index (χ1) is 11.4. The lowest BCUT2D eigenvalue weighted by Gasteiger charge is -2.23. The smallest absolute Gasteiger partial charge is 0.182 e. The van der Waals surface area contributed by atoms with Crippen molar-refractivity contribution >= 4 is 61.3 Å². The highest BCUT2D eigenvalue weighted by atomic mass is 79.9. The van der Waals surface area contributed by atoms with Gasteiger partial charge in [-0.2, -0.15) is 0 Å². The molecule has 132 valence electrons. The monoisotopic (exact) mass is 482 g/mol. The molecule has 0 radical (unpaired) electrons. The van der Waals surface area contributed by atoms with Gasteiger partial charge in [0.1, 0.15) is 0 Å². The summed E-state index contributed by atoms with van der Waals surface area (Å²) in [6, 6.07) is 17.5. The molecule has 1 aliphatic heterocycles. The van der Waals surface area contributed by atoms with Gasteiger partial charge in [-0.25, -0.2) is 0 Å². The van der Waals surface area contributed by atoms with Crippen LogP contribution in [0.5, 0.6) is 0 Å². The Morgan fingerprint density at radius 1 is 1.16 bits per heavy atom. The first-order valence-corrected chi connectivity index (χ1v) is 9.56. The highest BCUT2D eigenvalue weighted by molar-refractivity contribution is 9.10. The number of halogens is 2. The van der Waals surface area contributed by atoms with Gasteiger partial charge in [0, 0.05) is 21.5 Å². The quantitative estimate of drug-likeness (QED) is 0.530. The molecular weight excluding hydrogens is 464 g/mol. The fourth-order valence-corrected chi connectivity index (χ4v) is 3.90. The van der Waals surface area contributed by atoms with Gasteiger partial charge in [0.2, 0.25) is 0 Å². The molecule has 1 aliphatic rings. The third-order valence-electron chi connectivity index (χ3n) is 3.72. The Balaban J connectivity index is 0.00000225. The van der Waals surface area contributed by atoms with Crippen molar-refractivity contribution in [2.45, 2.75) is 19.4 Å². The molecule has 0 fully saturated rings. The summed E-state index contributed by atoms with van der Waals surface area (Å²) in [5.41, 5.74) is 1.61. The van der Waals surface area contributed by atoms with Crippen molar-refractivity contribution in [2.75, 3.05) is 17.2 Å². The molecule has 1 heterocycles. The zero-order valence-electron chi connectivity index (χ0n) is 14.1. The number of amidine groups is 1. The molecule has 2 aromatic carbocycles. The summed E-state index contributed by atoms with van der Waals surface area (Å²) in [6.45, 7) is 4.52. The third-order valence-corrected chi connectivity index (χ3v) is 5.67. The second-order valence-corrected chi connectivity index (χ2v) is 8.21. The number of benzene rings is 2. The first kappa shape index (κ1) is 20.2. The Hall–Kier alpha value is -1.11. The van der Waals surface area contributed by atoms with Crippen LogP contribution in [0.25, 0.3) is 0 Å². The number of carbonyl (C=O) groups excluding carboxylic acids is 1. The van der Waals surface area contributed by atoms with Crippen molar-refractivity contribution in [3.63, 3.8) is 0 Å². The van der Waals surface area contributed by atoms with Gasteiger partial charge < -0.3 is 4.90 Å². The first-order valence-electron chi connectivity index (χ1n) is 7.79. The van der Waals surface area contributed by atoms with Crippen molar-refractivity contribution in [2.24, 2.45) is 4.99 Å². The van der Waals surface area contributed by atoms with E-state index in [2.05, 4.69) is 29.8 Å². The minimum Gasteiger partial charge on any atom is -0.313 e. The molecule has 0 amide bonds. The predicted molar refractivity (Wildman–Crippen MR) is 117 cm³/mol. The van der Waals surface area contributed by atoms with E-state index in [0.717, 1.165) is 21.1 Å². The number of ketones is 1. The molecule has 0 saturated heterocycles. The van der Waals surface area contributed by atoms with Crippen LogP contribution in [0, 0.1) is 0 Å². The van der Waals surface area contributed by atoms with Gasteiger partial charge >= 0.3 is 0 Å². The highest BCUT2D eigenvalue weighted by Crippen LogP contribution is 2.31. The number of anilines is 1. The second-order valence-electron chi connectivity index (χ2n) is 6.35. The number of para-hydroxylation sites is 1. The Morgan fingerprint density at radius 2 is 1.80 bits per heavy atom. The summed E-state index contributed by atoms with van der Waals surface area (Å²) in [5.74, 6) is 1.01. The van der Waals surface area contributed by atoms with E-state index in [0.29, 0.717) is 5.56 Å². The lowest BCUT2D eigenvalue weighted by Crippen LogP contribution is -2.33. The number of rotatable bonds is 4. The summed E-state index contributed by atoms with van der Waals surface area (Å²) in [4.78, 5) is 19.6. The standard InChI is InChI=1S/C19H19BrN2OS.BrH/c1-19(2)13-24-18(21-19)22(16-6-4-3-5-7-16)12-17(23)14-8-10-15(20)11-9-14;/h3-11H,12-13H2,1-2H3;1H. The van der Waals surface area contributed by atoms with Crippen LogP contribution in [0.15, 0.2) is 64.1 Å². The largest absolute Gasteiger partial charge is 0.313 e. The van der Waals surface area contributed by atoms with Gasteiger partial charge in [-0.05, 0) is 38.1 Å². The Kier molecular flexibility index (Phi) is 6.88. The van der Waals surface area contributed by atoms with E-state index in [1.54, 1.807) is 11.8 Å². The highest BCUT2D eigenvalue weighted by Gasteiger charge is 2.30. The summed E-state index contributed by atoms with van der Waals surface area (Å²) < 4.78 is 0.969. The van der Waals surface area contributed by atoms with Crippen LogP contribution >= 0.6 is 44.7 Å². The molecule has 0 atom stereocenters. The van der Waals surface area contributed by atoms with Crippen molar-refractivity contribution in [3.8, 4) is 0 Å². The summed E-state index contributed by atoms with van der Waals surface area (Å²) in [5, 5.41) is 0.914. The molecule has 0 bridgehead atoms. The Morgan fingerprint density at radius 3 is 2.36 bits per heavy atom. The Labute approximate surface area is 171 Å². The van der Waals surface area contributed by atoms with Gasteiger partial charge in [0.25, 0.3) is 0 Å². The third kappa shape index (κ3) is 5.19. The summed E-state index contributed by atoms with van der Waals surface area (Å²) in [6.07, 6.45) is 0. The average molecular weight is 484 g/mol. The van der Waals surface area contributed by atoms with E-state index < -0.39 is 0 Å². The van der Waals surface area contributed by atoms with Crippen molar-refractivity contribution < 1.29 is 4.79 Å². The number of aliphatic imine (C=N–C) groups is 1. The van der Waals surface area contributed by atoms with Crippen LogP contribution in [-0.4, -0.2) is 28.8 Å². The number of hydrogen-bond donors (Lipinski definition) is 0. The summed E-state index contributed by atoms with van der Waals surface area (Å²) in [7, 11) is 0. The molecule has 3 nitrogen and oxygen atoms in total. The van der Waals surface area contributed by atoms with Crippen molar-refractivity contribution in [3.05, 3.63) is 64.6 Å². The lowest BCUT2D eigenvalue weighted by atomic mass is 10.1. The zero-order chi connectivity index (χ0) is 17.2. The lowest BCUT2D eigenvalue weighted by molar-refractivity contribution is 0.100. The van der Waals surface area contributed by atoms with Gasteiger partial charge in [-0.1, -0.05) is 58.0 Å². The zero-order valence-corrected chi connectivity index (χ0v) is 18.2. The van der Waals surface area contributed by atoms with Crippen molar-refractivity contribution in [1.82, 2.24) is 0 Å². The van der Waals surface area contributed by atoms with E-state index in [-0.39, 0.29) is 34.8 Å². The topological polar surface area (TPSA) is 32.7 Å². The normalized spacial score (nSPS) is 15.2. The van der Waals surface area contributed by atoms with E-state index in [9.17, 15) is 4.79 Å². The van der Waals surface area contributed by atoms with Crippen LogP contribution in [0.3, 0.4) is 0 Å². The molecule has 0 spiro atoms. The summed E-state index contributed by atoms with van der Waals surface area (Å²) >= 11 is 5.11. The SMILES string of the molecule is Br.CC1(C)CSC(N(CC(=O)c2ccc(Br)cc2)c2ccccc2)=N1. The molecule has 0 N–H and O–H groups in total. The maximum Gasteiger partial charge on any atom is 0.182 e. The van der Waals surface area contributed by atoms with Crippen LogP contribution < -0.4 is 4.90 Å². The average Bonchev–Trinajstić information content (AvgIpc) is 2.93. The Bertz CT molecular complexity index is 761. The van der Waals surface area contributed by atoms with Gasteiger partial charge in [-0.3, -0.25) is 9.79 Å². The molecular formula is C19H20Br2N2OS. The number of carbonyl (C=O) groups is 1. The van der Waals surface area contributed by atoms with Crippen molar-refractivity contribution in [1.29, 1.82) is 0 Å². The number of thioether (sulfide) groups is 1. The second kappa shape index (κ2) is 8.52. The molecule has 3 rings (SSSR count). The van der Waals surface area contributed by atoms with Gasteiger partial charge in [-0.15, -0.1) is 17.0 Å². The number of hydrogen-bond acceptors (Lipinski definition) is 4. The molecule has 25 heavy (non-hydrogen) atoms. The van der Waals surface area contributed by atoms with Crippen LogP contribution in [0.4, 0.5) is 5.69 Å². The minimum atomic E-state index is -0.0896. The fourth-order valence-electron chi connectivity index (χ4n) is 2.45. The molecule has 2 aromatic rings. The van der Waals surface area contributed by atoms with Gasteiger partial charge in [0.15, 0.2) is 11.0 Å². The molecule has 0 aliphatic carbocycles. The van der Waals surface area contributed by atoms with Crippen LogP contribution in [0.1, 0.15) is 24.2 Å². The van der Waals surface area contributed by atoms with Gasteiger partial charge in [0.05, 0.1) is 12.1 Å². The van der Waals surface area contributed by atoms with E-state index >= 15 is 0 Å². The predicted octanol–water partition coefficient (Wildman–Crippen LogP) is 5.60. The van der Waals surface area contributed by atoms with Crippen LogP contribution in [0.2, 0.25) is 0 Å². The maximum atomic E-state index is 12.7. The van der Waals surface area contributed by atoms with Crippen LogP contribution in [-0.2, 0) is 0 Å². The molecule has 6 heteroatoms.